The van der Waals surface area contributed by atoms with Gasteiger partial charge in [-0.2, -0.15) is 5.10 Å². The number of rotatable bonds is 7. The second kappa shape index (κ2) is 6.22. The van der Waals surface area contributed by atoms with Gasteiger partial charge >= 0.3 is 0 Å². The molecule has 0 fully saturated rings. The summed E-state index contributed by atoms with van der Waals surface area (Å²) >= 11 is 1.67. The summed E-state index contributed by atoms with van der Waals surface area (Å²) in [5, 5.41) is 14.1. The molecule has 1 aromatic heterocycles. The van der Waals surface area contributed by atoms with Crippen LogP contribution in [0.3, 0.4) is 0 Å². The van der Waals surface area contributed by atoms with Gasteiger partial charge in [0.1, 0.15) is 6.33 Å². The lowest BCUT2D eigenvalue weighted by molar-refractivity contribution is 0.182. The van der Waals surface area contributed by atoms with Crippen molar-refractivity contribution in [3.8, 4) is 0 Å². The Bertz CT molecular complexity index is 312. The Labute approximate surface area is 100 Å². The minimum absolute atomic E-state index is 0.0537. The molecule has 0 radical (unpaired) electrons. The maximum Gasteiger partial charge on any atom is 0.185 e. The topological polar surface area (TPSA) is 77.0 Å². The third-order valence-electron chi connectivity index (χ3n) is 2.74. The summed E-state index contributed by atoms with van der Waals surface area (Å²) in [4.78, 5) is 4.12. The summed E-state index contributed by atoms with van der Waals surface area (Å²) in [5.41, 5.74) is 5.58. The number of aromatic nitrogens is 3. The van der Waals surface area contributed by atoms with Crippen LogP contribution in [0.5, 0.6) is 0 Å². The molecule has 1 unspecified atom stereocenters. The molecule has 6 heteroatoms. The normalized spacial score (nSPS) is 15.0. The van der Waals surface area contributed by atoms with Gasteiger partial charge in [-0.15, -0.1) is 0 Å². The largest absolute Gasteiger partial charge is 0.394 e. The zero-order valence-corrected chi connectivity index (χ0v) is 10.7. The lowest BCUT2D eigenvalue weighted by Gasteiger charge is -2.25. The van der Waals surface area contributed by atoms with Crippen molar-refractivity contribution in [1.29, 1.82) is 0 Å². The number of aliphatic hydroxyl groups excluding tert-OH is 1. The van der Waals surface area contributed by atoms with Crippen LogP contribution in [0.2, 0.25) is 0 Å². The minimum atomic E-state index is -0.416. The van der Waals surface area contributed by atoms with Gasteiger partial charge in [0.05, 0.1) is 6.61 Å². The summed E-state index contributed by atoms with van der Waals surface area (Å²) in [7, 11) is 1.88. The number of nitrogens with two attached hydrogens (primary N) is 1. The van der Waals surface area contributed by atoms with Gasteiger partial charge in [-0.3, -0.25) is 0 Å². The Morgan fingerprint density at radius 2 is 2.38 bits per heavy atom. The molecule has 0 aromatic carbocycles. The Balaban J connectivity index is 2.24. The van der Waals surface area contributed by atoms with E-state index in [0.717, 1.165) is 30.2 Å². The second-order valence-corrected chi connectivity index (χ2v) is 5.05. The summed E-state index contributed by atoms with van der Waals surface area (Å²) in [6.45, 7) is 2.06. The van der Waals surface area contributed by atoms with Gasteiger partial charge in [0.15, 0.2) is 5.16 Å². The number of aliphatic hydroxyl groups is 1. The molecule has 0 saturated carbocycles. The molecule has 1 rings (SSSR count). The zero-order valence-electron chi connectivity index (χ0n) is 9.89. The van der Waals surface area contributed by atoms with Crippen LogP contribution in [-0.2, 0) is 7.05 Å². The monoisotopic (exact) mass is 244 g/mol. The van der Waals surface area contributed by atoms with E-state index in [1.807, 2.05) is 14.0 Å². The molecular weight excluding hydrogens is 224 g/mol. The van der Waals surface area contributed by atoms with Crippen LogP contribution in [0, 0.1) is 0 Å². The lowest BCUT2D eigenvalue weighted by Crippen LogP contribution is -2.42. The molecule has 1 atom stereocenters. The third kappa shape index (κ3) is 3.77. The quantitative estimate of drug-likeness (QED) is 0.548. The molecule has 3 N–H and O–H groups in total. The van der Waals surface area contributed by atoms with E-state index < -0.39 is 5.54 Å². The number of hydrogen-bond donors (Lipinski definition) is 2. The van der Waals surface area contributed by atoms with Crippen molar-refractivity contribution in [2.24, 2.45) is 12.8 Å². The summed E-state index contributed by atoms with van der Waals surface area (Å²) in [5.74, 6) is 0.950. The molecule has 5 nitrogen and oxygen atoms in total. The molecule has 0 bridgehead atoms. The van der Waals surface area contributed by atoms with Crippen LogP contribution in [0.25, 0.3) is 0 Å². The van der Waals surface area contributed by atoms with Crippen LogP contribution >= 0.6 is 11.8 Å². The summed E-state index contributed by atoms with van der Waals surface area (Å²) < 4.78 is 1.76. The highest BCUT2D eigenvalue weighted by Gasteiger charge is 2.20. The van der Waals surface area contributed by atoms with Crippen molar-refractivity contribution in [2.45, 2.75) is 36.9 Å². The maximum atomic E-state index is 9.15. The van der Waals surface area contributed by atoms with E-state index in [1.54, 1.807) is 22.8 Å². The third-order valence-corrected chi connectivity index (χ3v) is 3.86. The lowest BCUT2D eigenvalue weighted by atomic mass is 9.93. The molecule has 0 spiro atoms. The van der Waals surface area contributed by atoms with E-state index in [1.165, 1.54) is 0 Å². The first kappa shape index (κ1) is 13.5. The fourth-order valence-corrected chi connectivity index (χ4v) is 2.20. The van der Waals surface area contributed by atoms with Crippen LogP contribution in [0.4, 0.5) is 0 Å². The Hall–Kier alpha value is -0.590. The van der Waals surface area contributed by atoms with E-state index >= 15 is 0 Å². The molecule has 16 heavy (non-hydrogen) atoms. The predicted molar refractivity (Wildman–Crippen MR) is 65.3 cm³/mol. The summed E-state index contributed by atoms with van der Waals surface area (Å²) in [6, 6.07) is 0. The number of hydrogen-bond acceptors (Lipinski definition) is 5. The molecule has 0 aliphatic carbocycles. The van der Waals surface area contributed by atoms with Gasteiger partial charge in [-0.05, 0) is 19.3 Å². The van der Waals surface area contributed by atoms with Crippen molar-refractivity contribution in [1.82, 2.24) is 14.8 Å². The van der Waals surface area contributed by atoms with Crippen LogP contribution in [-0.4, -0.2) is 37.8 Å². The van der Waals surface area contributed by atoms with E-state index in [4.69, 9.17) is 10.8 Å². The number of nitrogens with zero attached hydrogens (tertiary/aromatic N) is 3. The van der Waals surface area contributed by atoms with Crippen molar-refractivity contribution in [3.63, 3.8) is 0 Å². The van der Waals surface area contributed by atoms with Crippen LogP contribution in [0.15, 0.2) is 11.5 Å². The first-order chi connectivity index (χ1) is 7.61. The van der Waals surface area contributed by atoms with Crippen LogP contribution < -0.4 is 5.73 Å². The van der Waals surface area contributed by atoms with Crippen molar-refractivity contribution in [2.75, 3.05) is 12.4 Å². The first-order valence-electron chi connectivity index (χ1n) is 5.48. The van der Waals surface area contributed by atoms with Gasteiger partial charge in [0, 0.05) is 18.3 Å². The number of aryl methyl sites for hydroxylation is 1. The molecular formula is C10H20N4OS. The predicted octanol–water partition coefficient (Wildman–Crippen LogP) is 0.787. The van der Waals surface area contributed by atoms with Crippen molar-refractivity contribution in [3.05, 3.63) is 6.33 Å². The Morgan fingerprint density at radius 1 is 1.62 bits per heavy atom. The molecule has 0 aliphatic heterocycles. The SMILES string of the molecule is CCC(N)(CO)CCCSc1ncnn1C. The Morgan fingerprint density at radius 3 is 2.88 bits per heavy atom. The van der Waals surface area contributed by atoms with E-state index in [0.29, 0.717) is 0 Å². The second-order valence-electron chi connectivity index (χ2n) is 3.99. The van der Waals surface area contributed by atoms with Gasteiger partial charge in [0.25, 0.3) is 0 Å². The average Bonchev–Trinajstić information content (AvgIpc) is 2.70. The molecule has 1 aromatic rings. The van der Waals surface area contributed by atoms with Crippen molar-refractivity contribution >= 4 is 11.8 Å². The van der Waals surface area contributed by atoms with Crippen LogP contribution in [0.1, 0.15) is 26.2 Å². The van der Waals surface area contributed by atoms with Gasteiger partial charge in [-0.25, -0.2) is 9.67 Å². The van der Waals surface area contributed by atoms with E-state index in [2.05, 4.69) is 10.1 Å². The molecule has 0 aliphatic rings. The zero-order chi connectivity index (χ0) is 12.0. The average molecular weight is 244 g/mol. The van der Waals surface area contributed by atoms with Gasteiger partial charge < -0.3 is 10.8 Å². The van der Waals surface area contributed by atoms with Gasteiger partial charge in [0.2, 0.25) is 0 Å². The molecule has 0 amide bonds. The summed E-state index contributed by atoms with van der Waals surface area (Å²) in [6.07, 6.45) is 4.17. The smallest absolute Gasteiger partial charge is 0.185 e. The van der Waals surface area contributed by atoms with Crippen molar-refractivity contribution < 1.29 is 5.11 Å². The maximum absolute atomic E-state index is 9.15. The van der Waals surface area contributed by atoms with E-state index in [-0.39, 0.29) is 6.61 Å². The minimum Gasteiger partial charge on any atom is -0.394 e. The van der Waals surface area contributed by atoms with E-state index in [9.17, 15) is 0 Å². The highest BCUT2D eigenvalue weighted by molar-refractivity contribution is 7.99. The highest BCUT2D eigenvalue weighted by Crippen LogP contribution is 2.19. The number of thioether (sulfide) groups is 1. The first-order valence-corrected chi connectivity index (χ1v) is 6.46. The standard InChI is InChI=1S/C10H20N4OS/c1-3-10(11,7-15)5-4-6-16-9-12-8-13-14(9)2/h8,15H,3-7,11H2,1-2H3. The Kier molecular flexibility index (Phi) is 5.24. The fourth-order valence-electron chi connectivity index (χ4n) is 1.37. The van der Waals surface area contributed by atoms with Gasteiger partial charge in [-0.1, -0.05) is 18.7 Å². The molecule has 0 saturated heterocycles. The highest BCUT2D eigenvalue weighted by atomic mass is 32.2. The fraction of sp³-hybridized carbons (Fsp3) is 0.800. The molecule has 92 valence electrons. The molecule has 1 heterocycles.